The van der Waals surface area contributed by atoms with Crippen molar-refractivity contribution in [1.29, 1.82) is 5.26 Å². The Morgan fingerprint density at radius 1 is 1.13 bits per heavy atom. The van der Waals surface area contributed by atoms with Crippen molar-refractivity contribution in [2.45, 2.75) is 44.6 Å². The van der Waals surface area contributed by atoms with Gasteiger partial charge in [-0.25, -0.2) is 0 Å². The second-order valence-electron chi connectivity index (χ2n) is 5.82. The first-order chi connectivity index (χ1) is 11.3. The van der Waals surface area contributed by atoms with Gasteiger partial charge in [0, 0.05) is 11.7 Å². The summed E-state index contributed by atoms with van der Waals surface area (Å²) in [4.78, 5) is 4.47. The molecule has 2 aromatic rings. The molecular weight excluding hydrogens is 288 g/mol. The molecule has 118 valence electrons. The lowest BCUT2D eigenvalue weighted by Crippen LogP contribution is -2.19. The number of benzene rings is 1. The normalized spacial score (nSPS) is 15.4. The zero-order valence-electron chi connectivity index (χ0n) is 13.0. The zero-order chi connectivity index (χ0) is 15.9. The Morgan fingerprint density at radius 2 is 1.96 bits per heavy atom. The second kappa shape index (κ2) is 7.54. The van der Waals surface area contributed by atoms with E-state index in [0.29, 0.717) is 17.6 Å². The van der Waals surface area contributed by atoms with E-state index in [1.165, 1.54) is 38.5 Å². The van der Waals surface area contributed by atoms with Crippen LogP contribution < -0.4 is 10.6 Å². The van der Waals surface area contributed by atoms with Gasteiger partial charge in [-0.05, 0) is 31.0 Å². The first-order valence-electron chi connectivity index (χ1n) is 8.07. The summed E-state index contributed by atoms with van der Waals surface area (Å²) in [5, 5.41) is 23.5. The van der Waals surface area contributed by atoms with Crippen molar-refractivity contribution in [2.75, 3.05) is 10.6 Å². The highest BCUT2D eigenvalue weighted by molar-refractivity contribution is 5.56. The molecule has 3 rings (SSSR count). The average Bonchev–Trinajstić information content (AvgIpc) is 2.84. The summed E-state index contributed by atoms with van der Waals surface area (Å²) < 4.78 is 0. The number of anilines is 3. The molecule has 0 aliphatic heterocycles. The maximum absolute atomic E-state index is 8.95. The van der Waals surface area contributed by atoms with Crippen LogP contribution in [0.25, 0.3) is 0 Å². The van der Waals surface area contributed by atoms with Gasteiger partial charge in [0.15, 0.2) is 5.82 Å². The second-order valence-corrected chi connectivity index (χ2v) is 5.82. The molecule has 2 N–H and O–H groups in total. The van der Waals surface area contributed by atoms with Crippen LogP contribution in [0, 0.1) is 11.3 Å². The van der Waals surface area contributed by atoms with Crippen LogP contribution >= 0.6 is 0 Å². The minimum Gasteiger partial charge on any atom is -0.366 e. The number of nitrogens with zero attached hydrogens (tertiary/aromatic N) is 4. The van der Waals surface area contributed by atoms with E-state index >= 15 is 0 Å². The maximum Gasteiger partial charge on any atom is 0.249 e. The van der Waals surface area contributed by atoms with Crippen LogP contribution in [0.15, 0.2) is 30.5 Å². The molecule has 1 heterocycles. The van der Waals surface area contributed by atoms with Gasteiger partial charge in [-0.1, -0.05) is 31.7 Å². The standard InChI is InChI=1S/C17H20N6/c18-11-13-6-5-9-15(10-13)21-17-22-16(12-19-23-17)20-14-7-3-1-2-4-8-14/h5-6,9-10,12,14H,1-4,7-8H2,(H2,20,21,22,23). The molecule has 1 aromatic heterocycles. The molecule has 23 heavy (non-hydrogen) atoms. The van der Waals surface area contributed by atoms with Crippen molar-refractivity contribution in [1.82, 2.24) is 15.2 Å². The van der Waals surface area contributed by atoms with E-state index in [-0.39, 0.29) is 0 Å². The van der Waals surface area contributed by atoms with Crippen molar-refractivity contribution in [3.63, 3.8) is 0 Å². The van der Waals surface area contributed by atoms with Crippen molar-refractivity contribution < 1.29 is 0 Å². The van der Waals surface area contributed by atoms with Crippen LogP contribution in [-0.4, -0.2) is 21.2 Å². The molecule has 1 aliphatic rings. The third-order valence-electron chi connectivity index (χ3n) is 4.01. The van der Waals surface area contributed by atoms with Gasteiger partial charge in [-0.2, -0.15) is 15.3 Å². The van der Waals surface area contributed by atoms with E-state index < -0.39 is 0 Å². The maximum atomic E-state index is 8.95. The zero-order valence-corrected chi connectivity index (χ0v) is 13.0. The van der Waals surface area contributed by atoms with Crippen molar-refractivity contribution >= 4 is 17.5 Å². The summed E-state index contributed by atoms with van der Waals surface area (Å²) in [5.41, 5.74) is 1.37. The van der Waals surface area contributed by atoms with E-state index in [0.717, 1.165) is 11.5 Å². The van der Waals surface area contributed by atoms with Gasteiger partial charge in [0.05, 0.1) is 17.8 Å². The summed E-state index contributed by atoms with van der Waals surface area (Å²) >= 11 is 0. The van der Waals surface area contributed by atoms with E-state index in [2.05, 4.69) is 31.9 Å². The summed E-state index contributed by atoms with van der Waals surface area (Å²) in [6, 6.07) is 9.79. The van der Waals surface area contributed by atoms with Gasteiger partial charge in [0.25, 0.3) is 0 Å². The summed E-state index contributed by atoms with van der Waals surface area (Å²) in [6.07, 6.45) is 9.19. The van der Waals surface area contributed by atoms with Gasteiger partial charge in [-0.3, -0.25) is 0 Å². The van der Waals surface area contributed by atoms with Crippen LogP contribution in [0.3, 0.4) is 0 Å². The predicted molar refractivity (Wildman–Crippen MR) is 89.4 cm³/mol. The smallest absolute Gasteiger partial charge is 0.249 e. The van der Waals surface area contributed by atoms with E-state index in [1.807, 2.05) is 12.1 Å². The number of nitrogens with one attached hydrogen (secondary N) is 2. The molecule has 0 saturated heterocycles. The highest BCUT2D eigenvalue weighted by Gasteiger charge is 2.13. The summed E-state index contributed by atoms with van der Waals surface area (Å²) in [6.45, 7) is 0. The van der Waals surface area contributed by atoms with Crippen LogP contribution in [-0.2, 0) is 0 Å². The van der Waals surface area contributed by atoms with Crippen LogP contribution in [0.4, 0.5) is 17.5 Å². The monoisotopic (exact) mass is 308 g/mol. The molecule has 0 spiro atoms. The highest BCUT2D eigenvalue weighted by atomic mass is 15.3. The van der Waals surface area contributed by atoms with Crippen molar-refractivity contribution in [3.8, 4) is 6.07 Å². The van der Waals surface area contributed by atoms with Crippen molar-refractivity contribution in [2.24, 2.45) is 0 Å². The molecule has 6 nitrogen and oxygen atoms in total. The molecule has 0 amide bonds. The number of nitriles is 1. The Bertz CT molecular complexity index is 685. The van der Waals surface area contributed by atoms with Gasteiger partial charge < -0.3 is 10.6 Å². The lowest BCUT2D eigenvalue weighted by Gasteiger charge is -2.16. The predicted octanol–water partition coefficient (Wildman–Crippen LogP) is 3.62. The molecule has 6 heteroatoms. The molecule has 0 bridgehead atoms. The lowest BCUT2D eigenvalue weighted by atomic mass is 10.1. The molecule has 1 fully saturated rings. The fourth-order valence-corrected chi connectivity index (χ4v) is 2.85. The number of aromatic nitrogens is 3. The molecule has 1 saturated carbocycles. The quantitative estimate of drug-likeness (QED) is 0.839. The Kier molecular flexibility index (Phi) is 4.99. The molecule has 0 unspecified atom stereocenters. The van der Waals surface area contributed by atoms with Crippen LogP contribution in [0.5, 0.6) is 0 Å². The van der Waals surface area contributed by atoms with Crippen LogP contribution in [0.1, 0.15) is 44.1 Å². The summed E-state index contributed by atoms with van der Waals surface area (Å²) in [7, 11) is 0. The van der Waals surface area contributed by atoms with Gasteiger partial charge in [-0.15, -0.1) is 5.10 Å². The average molecular weight is 308 g/mol. The lowest BCUT2D eigenvalue weighted by molar-refractivity contribution is 0.617. The van der Waals surface area contributed by atoms with Gasteiger partial charge in [0.1, 0.15) is 0 Å². The third-order valence-corrected chi connectivity index (χ3v) is 4.01. The van der Waals surface area contributed by atoms with E-state index in [1.54, 1.807) is 18.3 Å². The minimum absolute atomic E-state index is 0.429. The Morgan fingerprint density at radius 3 is 2.74 bits per heavy atom. The van der Waals surface area contributed by atoms with E-state index in [9.17, 15) is 0 Å². The number of rotatable bonds is 4. The summed E-state index contributed by atoms with van der Waals surface area (Å²) in [5.74, 6) is 1.17. The third kappa shape index (κ3) is 4.39. The van der Waals surface area contributed by atoms with Crippen LogP contribution in [0.2, 0.25) is 0 Å². The number of hydrogen-bond acceptors (Lipinski definition) is 6. The van der Waals surface area contributed by atoms with Crippen molar-refractivity contribution in [3.05, 3.63) is 36.0 Å². The van der Waals surface area contributed by atoms with E-state index in [4.69, 9.17) is 5.26 Å². The largest absolute Gasteiger partial charge is 0.366 e. The minimum atomic E-state index is 0.429. The fourth-order valence-electron chi connectivity index (χ4n) is 2.85. The Labute approximate surface area is 136 Å². The first kappa shape index (κ1) is 15.2. The number of hydrogen-bond donors (Lipinski definition) is 2. The molecule has 0 radical (unpaired) electrons. The first-order valence-corrected chi connectivity index (χ1v) is 8.07. The SMILES string of the molecule is N#Cc1cccc(Nc2nncc(NC3CCCCCC3)n2)c1. The highest BCUT2D eigenvalue weighted by Crippen LogP contribution is 2.21. The Hall–Kier alpha value is -2.68. The molecule has 0 atom stereocenters. The topological polar surface area (TPSA) is 86.5 Å². The molecular formula is C17H20N6. The Balaban J connectivity index is 1.68. The molecule has 1 aromatic carbocycles. The fraction of sp³-hybridized carbons (Fsp3) is 0.412. The van der Waals surface area contributed by atoms with Gasteiger partial charge >= 0.3 is 0 Å². The molecule has 1 aliphatic carbocycles. The van der Waals surface area contributed by atoms with Gasteiger partial charge in [0.2, 0.25) is 5.95 Å².